The molecule has 2 aromatic carbocycles. The molecule has 0 saturated heterocycles. The first kappa shape index (κ1) is 25.6. The number of hydrogen-bond donors (Lipinski definition) is 2. The quantitative estimate of drug-likeness (QED) is 0.431. The van der Waals surface area contributed by atoms with Gasteiger partial charge in [-0.3, -0.25) is 0 Å². The summed E-state index contributed by atoms with van der Waals surface area (Å²) < 4.78 is 11.6. The number of carboxylic acids is 2. The first-order chi connectivity index (χ1) is 16.1. The lowest BCUT2D eigenvalue weighted by atomic mass is 9.65. The Hall–Kier alpha value is -3.02. The molecule has 2 atom stereocenters. The van der Waals surface area contributed by atoms with E-state index in [1.54, 1.807) is 27.7 Å². The Balaban J connectivity index is 1.89. The van der Waals surface area contributed by atoms with Gasteiger partial charge in [-0.15, -0.1) is 0 Å². The summed E-state index contributed by atoms with van der Waals surface area (Å²) in [5, 5.41) is 19.0. The van der Waals surface area contributed by atoms with E-state index in [2.05, 4.69) is 0 Å². The van der Waals surface area contributed by atoms with Crippen LogP contribution in [0.4, 0.5) is 0 Å². The monoisotopic (exact) mass is 468 g/mol. The average molecular weight is 469 g/mol. The lowest BCUT2D eigenvalue weighted by Crippen LogP contribution is -2.40. The zero-order valence-electron chi connectivity index (χ0n) is 20.6. The standard InChI is InChI=1S/C28H36O6/c1-5-26(3,24(29)30)33-22-14-10-20(11-15-22)28(18-8-7-9-19-28)21-12-16-23(17-13-21)34-27(4,6-2)25(31)32/h10-17H,5-9,18-19H2,1-4H3,(H,29,30)(H,31,32)/t26-,27-/m0/s1. The maximum Gasteiger partial charge on any atom is 0.347 e. The van der Waals surface area contributed by atoms with Gasteiger partial charge < -0.3 is 19.7 Å². The molecular formula is C28H36O6. The highest BCUT2D eigenvalue weighted by molar-refractivity contribution is 5.77. The molecule has 0 radical (unpaired) electrons. The van der Waals surface area contributed by atoms with E-state index in [0.29, 0.717) is 24.3 Å². The molecule has 0 aliphatic heterocycles. The Bertz CT molecular complexity index is 915. The molecule has 1 aliphatic rings. The molecule has 0 amide bonds. The average Bonchev–Trinajstić information content (AvgIpc) is 2.85. The van der Waals surface area contributed by atoms with Crippen molar-refractivity contribution in [1.29, 1.82) is 0 Å². The van der Waals surface area contributed by atoms with Crippen molar-refractivity contribution in [1.82, 2.24) is 0 Å². The highest BCUT2D eigenvalue weighted by Crippen LogP contribution is 2.45. The smallest absolute Gasteiger partial charge is 0.347 e. The van der Waals surface area contributed by atoms with E-state index in [1.807, 2.05) is 48.5 Å². The van der Waals surface area contributed by atoms with Crippen LogP contribution in [0.5, 0.6) is 11.5 Å². The first-order valence-corrected chi connectivity index (χ1v) is 12.1. The fourth-order valence-corrected chi connectivity index (χ4v) is 4.64. The molecule has 0 heterocycles. The summed E-state index contributed by atoms with van der Waals surface area (Å²) in [6, 6.07) is 15.6. The Kier molecular flexibility index (Phi) is 7.59. The van der Waals surface area contributed by atoms with Crippen LogP contribution in [0.1, 0.15) is 83.8 Å². The van der Waals surface area contributed by atoms with Crippen molar-refractivity contribution >= 4 is 11.9 Å². The summed E-state index contributed by atoms with van der Waals surface area (Å²) in [6.45, 7) is 6.77. The summed E-state index contributed by atoms with van der Waals surface area (Å²) in [6.07, 6.45) is 6.19. The van der Waals surface area contributed by atoms with Crippen molar-refractivity contribution in [2.75, 3.05) is 0 Å². The Morgan fingerprint density at radius 2 is 1.09 bits per heavy atom. The van der Waals surface area contributed by atoms with Crippen LogP contribution in [0.2, 0.25) is 0 Å². The van der Waals surface area contributed by atoms with Gasteiger partial charge in [-0.05, 0) is 74.9 Å². The summed E-state index contributed by atoms with van der Waals surface area (Å²) >= 11 is 0. The van der Waals surface area contributed by atoms with Gasteiger partial charge in [-0.25, -0.2) is 9.59 Å². The largest absolute Gasteiger partial charge is 0.478 e. The lowest BCUT2D eigenvalue weighted by molar-refractivity contribution is -0.154. The number of benzene rings is 2. The number of carbonyl (C=O) groups is 2. The van der Waals surface area contributed by atoms with Crippen molar-refractivity contribution in [2.45, 2.75) is 89.3 Å². The number of ether oxygens (including phenoxy) is 2. The fraction of sp³-hybridized carbons (Fsp3) is 0.500. The predicted octanol–water partition coefficient (Wildman–Crippen LogP) is 6.20. The zero-order valence-corrected chi connectivity index (χ0v) is 20.6. The summed E-state index contributed by atoms with van der Waals surface area (Å²) in [7, 11) is 0. The van der Waals surface area contributed by atoms with E-state index in [0.717, 1.165) is 25.7 Å². The van der Waals surface area contributed by atoms with E-state index in [9.17, 15) is 19.8 Å². The second-order valence-electron chi connectivity index (χ2n) is 9.67. The second kappa shape index (κ2) is 10.1. The van der Waals surface area contributed by atoms with Gasteiger partial charge in [0.15, 0.2) is 0 Å². The molecule has 1 saturated carbocycles. The third-order valence-corrected chi connectivity index (χ3v) is 7.46. The van der Waals surface area contributed by atoms with Gasteiger partial charge in [0.05, 0.1) is 0 Å². The number of carboxylic acid groups (broad SMARTS) is 2. The topological polar surface area (TPSA) is 93.1 Å². The predicted molar refractivity (Wildman–Crippen MR) is 131 cm³/mol. The van der Waals surface area contributed by atoms with E-state index < -0.39 is 23.1 Å². The Labute approximate surface area is 201 Å². The van der Waals surface area contributed by atoms with Gasteiger partial charge in [0.2, 0.25) is 11.2 Å². The van der Waals surface area contributed by atoms with Gasteiger partial charge in [-0.1, -0.05) is 57.4 Å². The highest BCUT2D eigenvalue weighted by atomic mass is 16.5. The van der Waals surface area contributed by atoms with Crippen LogP contribution in [0.3, 0.4) is 0 Å². The normalized spacial score (nSPS) is 18.8. The summed E-state index contributed by atoms with van der Waals surface area (Å²) in [5.74, 6) is -0.880. The van der Waals surface area contributed by atoms with Crippen LogP contribution in [0, 0.1) is 0 Å². The maximum absolute atomic E-state index is 11.6. The van der Waals surface area contributed by atoms with Gasteiger partial charge in [-0.2, -0.15) is 0 Å². The van der Waals surface area contributed by atoms with Crippen LogP contribution in [0.25, 0.3) is 0 Å². The van der Waals surface area contributed by atoms with E-state index in [-0.39, 0.29) is 5.41 Å². The van der Waals surface area contributed by atoms with Gasteiger partial charge in [0, 0.05) is 5.41 Å². The van der Waals surface area contributed by atoms with Crippen LogP contribution in [0.15, 0.2) is 48.5 Å². The van der Waals surface area contributed by atoms with Crippen LogP contribution in [-0.2, 0) is 15.0 Å². The first-order valence-electron chi connectivity index (χ1n) is 12.1. The summed E-state index contributed by atoms with van der Waals surface area (Å²) in [4.78, 5) is 23.2. The van der Waals surface area contributed by atoms with Crippen molar-refractivity contribution in [3.05, 3.63) is 59.7 Å². The SMILES string of the molecule is CC[C@](C)(Oc1ccc(C2(c3ccc(O[C@@](C)(CC)C(=O)O)cc3)CCCCC2)cc1)C(=O)O. The van der Waals surface area contributed by atoms with Crippen molar-refractivity contribution in [2.24, 2.45) is 0 Å². The molecule has 1 aliphatic carbocycles. The molecule has 1 fully saturated rings. The third-order valence-electron chi connectivity index (χ3n) is 7.46. The van der Waals surface area contributed by atoms with Crippen LogP contribution < -0.4 is 9.47 Å². The Morgan fingerprint density at radius 1 is 0.735 bits per heavy atom. The van der Waals surface area contributed by atoms with Crippen molar-refractivity contribution in [3.63, 3.8) is 0 Å². The Morgan fingerprint density at radius 3 is 1.38 bits per heavy atom. The van der Waals surface area contributed by atoms with E-state index in [1.165, 1.54) is 17.5 Å². The third kappa shape index (κ3) is 5.06. The molecule has 184 valence electrons. The maximum atomic E-state index is 11.6. The minimum atomic E-state index is -1.26. The second-order valence-corrected chi connectivity index (χ2v) is 9.67. The molecule has 2 aromatic rings. The van der Waals surface area contributed by atoms with E-state index in [4.69, 9.17) is 9.47 Å². The minimum absolute atomic E-state index is 0.156. The van der Waals surface area contributed by atoms with Crippen LogP contribution >= 0.6 is 0 Å². The molecule has 2 N–H and O–H groups in total. The molecule has 34 heavy (non-hydrogen) atoms. The lowest BCUT2D eigenvalue weighted by Gasteiger charge is -2.39. The minimum Gasteiger partial charge on any atom is -0.478 e. The molecule has 6 nitrogen and oxygen atoms in total. The van der Waals surface area contributed by atoms with Gasteiger partial charge >= 0.3 is 11.9 Å². The molecular weight excluding hydrogens is 432 g/mol. The molecule has 0 unspecified atom stereocenters. The van der Waals surface area contributed by atoms with Crippen molar-refractivity contribution in [3.8, 4) is 11.5 Å². The molecule has 0 spiro atoms. The fourth-order valence-electron chi connectivity index (χ4n) is 4.64. The zero-order chi connectivity index (χ0) is 25.0. The molecule has 6 heteroatoms. The molecule has 3 rings (SSSR count). The molecule has 0 aromatic heterocycles. The molecule has 0 bridgehead atoms. The number of hydrogen-bond acceptors (Lipinski definition) is 4. The van der Waals surface area contributed by atoms with E-state index >= 15 is 0 Å². The summed E-state index contributed by atoms with van der Waals surface area (Å²) in [5.41, 5.74) is -0.334. The van der Waals surface area contributed by atoms with Crippen molar-refractivity contribution < 1.29 is 29.3 Å². The number of rotatable bonds is 10. The highest BCUT2D eigenvalue weighted by Gasteiger charge is 2.37. The van der Waals surface area contributed by atoms with Gasteiger partial charge in [0.1, 0.15) is 11.5 Å². The van der Waals surface area contributed by atoms with Gasteiger partial charge in [0.25, 0.3) is 0 Å². The van der Waals surface area contributed by atoms with Crippen LogP contribution in [-0.4, -0.2) is 33.4 Å². The number of aliphatic carboxylic acids is 2.